The van der Waals surface area contributed by atoms with Crippen molar-refractivity contribution >= 4 is 55.6 Å². The first kappa shape index (κ1) is 41.3. The Morgan fingerprint density at radius 1 is 0.532 bits per heavy atom. The lowest BCUT2D eigenvalue weighted by molar-refractivity contribution is -0.144. The van der Waals surface area contributed by atoms with Crippen LogP contribution in [0.15, 0.2) is 72.8 Å². The van der Waals surface area contributed by atoms with Gasteiger partial charge in [0, 0.05) is 58.6 Å². The van der Waals surface area contributed by atoms with Gasteiger partial charge in [0.25, 0.3) is 0 Å². The fourth-order valence-corrected chi connectivity index (χ4v) is 8.56. The van der Waals surface area contributed by atoms with E-state index < -0.39 is 23.0 Å². The van der Waals surface area contributed by atoms with Gasteiger partial charge in [-0.15, -0.1) is 0 Å². The normalized spacial score (nSPS) is 11.6. The number of fused-ring (bicyclic) bond motifs is 4. The number of para-hydroxylation sites is 4. The number of aromatic hydroxyl groups is 6. The standard InChI is InChI=1S/C48H46N4O10/c1-5-61-37(55)17-11-19-51-33-15-9-7-13-31(33)49-47(51)41-27-21-25(3)39(43(57)29(27)23-35(53)45(41)59)40-26(4)22-28-30(44(40)58)24-36(54)46(60)42(28)48-50-32-14-8-10-16-34(32)52(48)20-12-18-38(56)62-6-2/h7-10,13-16,21-24,53-54,57-60H,5-6,11-12,17-20H2,1-4H3. The van der Waals surface area contributed by atoms with E-state index in [0.717, 1.165) is 11.0 Å². The van der Waals surface area contributed by atoms with E-state index in [9.17, 15) is 40.2 Å². The summed E-state index contributed by atoms with van der Waals surface area (Å²) < 4.78 is 14.0. The number of phenolic OH excluding ortho intramolecular Hbond substituents is 6. The lowest BCUT2D eigenvalue weighted by Gasteiger charge is -2.21. The number of ether oxygens (including phenoxy) is 2. The Bertz CT molecular complexity index is 2890. The molecule has 6 aromatic carbocycles. The maximum Gasteiger partial charge on any atom is 0.305 e. The molecular weight excluding hydrogens is 793 g/mol. The molecule has 318 valence electrons. The van der Waals surface area contributed by atoms with Gasteiger partial charge in [0.2, 0.25) is 0 Å². The van der Waals surface area contributed by atoms with E-state index in [1.54, 1.807) is 39.8 Å². The van der Waals surface area contributed by atoms with Gasteiger partial charge in [-0.1, -0.05) is 24.3 Å². The minimum Gasteiger partial charge on any atom is -0.507 e. The van der Waals surface area contributed by atoms with Gasteiger partial charge in [-0.25, -0.2) is 9.97 Å². The predicted octanol–water partition coefficient (Wildman–Crippen LogP) is 9.23. The molecule has 0 aliphatic rings. The van der Waals surface area contributed by atoms with E-state index in [-0.39, 0.29) is 82.5 Å². The number of hydrogen-bond donors (Lipinski definition) is 6. The third kappa shape index (κ3) is 7.06. The number of aromatic nitrogens is 4. The second-order valence-corrected chi connectivity index (χ2v) is 15.2. The maximum absolute atomic E-state index is 12.2. The largest absolute Gasteiger partial charge is 0.507 e. The second-order valence-electron chi connectivity index (χ2n) is 15.2. The van der Waals surface area contributed by atoms with E-state index in [4.69, 9.17) is 19.4 Å². The Hall–Kier alpha value is -7.48. The minimum absolute atomic E-state index is 0.153. The molecule has 14 nitrogen and oxygen atoms in total. The molecule has 0 fully saturated rings. The number of phenols is 6. The number of hydrogen-bond acceptors (Lipinski definition) is 12. The second kappa shape index (κ2) is 16.5. The molecule has 62 heavy (non-hydrogen) atoms. The molecule has 8 rings (SSSR count). The van der Waals surface area contributed by atoms with E-state index in [1.807, 2.05) is 57.7 Å². The van der Waals surface area contributed by atoms with E-state index in [1.165, 1.54) is 12.1 Å². The van der Waals surface area contributed by atoms with E-state index in [2.05, 4.69) is 0 Å². The molecule has 0 radical (unpaired) electrons. The van der Waals surface area contributed by atoms with Crippen molar-refractivity contribution < 1.29 is 49.7 Å². The van der Waals surface area contributed by atoms with Crippen LogP contribution in [0.5, 0.6) is 34.5 Å². The molecule has 2 heterocycles. The summed E-state index contributed by atoms with van der Waals surface area (Å²) in [6, 6.07) is 20.7. The highest BCUT2D eigenvalue weighted by Crippen LogP contribution is 2.53. The number of nitrogens with zero attached hydrogens (tertiary/aromatic N) is 4. The lowest BCUT2D eigenvalue weighted by atomic mass is 9.87. The Kier molecular flexibility index (Phi) is 11.0. The zero-order valence-corrected chi connectivity index (χ0v) is 34.7. The van der Waals surface area contributed by atoms with Crippen molar-refractivity contribution in [1.82, 2.24) is 19.1 Å². The van der Waals surface area contributed by atoms with Gasteiger partial charge < -0.3 is 49.2 Å². The monoisotopic (exact) mass is 838 g/mol. The average molecular weight is 839 g/mol. The summed E-state index contributed by atoms with van der Waals surface area (Å²) in [5.41, 5.74) is 4.47. The molecule has 0 saturated carbocycles. The summed E-state index contributed by atoms with van der Waals surface area (Å²) in [7, 11) is 0. The molecular formula is C48H46N4O10. The first-order valence-corrected chi connectivity index (χ1v) is 20.5. The van der Waals surface area contributed by atoms with Crippen molar-refractivity contribution in [2.45, 2.75) is 66.5 Å². The number of imidazole rings is 2. The van der Waals surface area contributed by atoms with Crippen molar-refractivity contribution in [3.63, 3.8) is 0 Å². The topological polar surface area (TPSA) is 210 Å². The zero-order chi connectivity index (χ0) is 44.0. The molecule has 0 aliphatic heterocycles. The summed E-state index contributed by atoms with van der Waals surface area (Å²) in [6.07, 6.45) is 1.11. The highest BCUT2D eigenvalue weighted by Gasteiger charge is 2.29. The molecule has 0 amide bonds. The van der Waals surface area contributed by atoms with Crippen molar-refractivity contribution in [3.8, 4) is 68.4 Å². The van der Waals surface area contributed by atoms with Crippen LogP contribution in [-0.4, -0.2) is 74.9 Å². The minimum atomic E-state index is -0.516. The molecule has 0 aliphatic carbocycles. The predicted molar refractivity (Wildman–Crippen MR) is 236 cm³/mol. The fourth-order valence-electron chi connectivity index (χ4n) is 8.56. The van der Waals surface area contributed by atoms with Crippen LogP contribution in [0.25, 0.3) is 77.5 Å². The molecule has 8 aromatic rings. The number of aryl methyl sites for hydroxylation is 4. The van der Waals surface area contributed by atoms with Crippen molar-refractivity contribution in [2.75, 3.05) is 13.2 Å². The molecule has 14 heteroatoms. The van der Waals surface area contributed by atoms with E-state index in [0.29, 0.717) is 70.5 Å². The van der Waals surface area contributed by atoms with Gasteiger partial charge in [-0.3, -0.25) is 9.59 Å². The van der Waals surface area contributed by atoms with Crippen LogP contribution in [0.1, 0.15) is 50.7 Å². The Labute approximate surface area is 355 Å². The molecule has 2 aromatic heterocycles. The summed E-state index contributed by atoms with van der Waals surface area (Å²) >= 11 is 0. The van der Waals surface area contributed by atoms with Crippen molar-refractivity contribution in [2.24, 2.45) is 0 Å². The maximum atomic E-state index is 12.2. The van der Waals surface area contributed by atoms with Crippen LogP contribution in [0, 0.1) is 13.8 Å². The van der Waals surface area contributed by atoms with Crippen LogP contribution in [-0.2, 0) is 32.2 Å². The highest BCUT2D eigenvalue weighted by atomic mass is 16.5. The third-order valence-electron chi connectivity index (χ3n) is 11.3. The van der Waals surface area contributed by atoms with Crippen LogP contribution in [0.4, 0.5) is 0 Å². The van der Waals surface area contributed by atoms with Gasteiger partial charge in [-0.2, -0.15) is 0 Å². The van der Waals surface area contributed by atoms with Gasteiger partial charge in [0.1, 0.15) is 23.1 Å². The summed E-state index contributed by atoms with van der Waals surface area (Å²) in [5.74, 6) is -2.60. The third-order valence-corrected chi connectivity index (χ3v) is 11.3. The summed E-state index contributed by atoms with van der Waals surface area (Å²) in [6.45, 7) is 8.15. The number of benzene rings is 6. The van der Waals surface area contributed by atoms with Gasteiger partial charge in [0.15, 0.2) is 23.0 Å². The SMILES string of the molecule is CCOC(=O)CCCn1c(-c2c(O)c(O)cc3c(O)c(-c4c(C)cc5c(-c6nc7ccccc7n6CCCC(=O)OCC)c(O)c(O)cc5c4O)c(C)cc23)nc2ccccc21. The van der Waals surface area contributed by atoms with Crippen LogP contribution < -0.4 is 0 Å². The first-order valence-electron chi connectivity index (χ1n) is 20.5. The van der Waals surface area contributed by atoms with Gasteiger partial charge >= 0.3 is 11.9 Å². The number of carbonyl (C=O) groups is 2. The first-order chi connectivity index (χ1) is 29.8. The lowest BCUT2D eigenvalue weighted by Crippen LogP contribution is -2.07. The molecule has 0 bridgehead atoms. The highest BCUT2D eigenvalue weighted by molar-refractivity contribution is 6.11. The van der Waals surface area contributed by atoms with Crippen LogP contribution >= 0.6 is 0 Å². The Morgan fingerprint density at radius 2 is 0.919 bits per heavy atom. The number of carbonyl (C=O) groups excluding carboxylic acids is 2. The number of rotatable bonds is 13. The number of esters is 2. The Morgan fingerprint density at radius 3 is 1.31 bits per heavy atom. The molecule has 0 unspecified atom stereocenters. The quantitative estimate of drug-likeness (QED) is 0.0474. The average Bonchev–Trinajstić information content (AvgIpc) is 3.79. The Balaban J connectivity index is 1.29. The smallest absolute Gasteiger partial charge is 0.305 e. The molecule has 6 N–H and O–H groups in total. The van der Waals surface area contributed by atoms with Gasteiger partial charge in [0.05, 0.1) is 46.4 Å². The molecule has 0 saturated heterocycles. The van der Waals surface area contributed by atoms with E-state index >= 15 is 0 Å². The van der Waals surface area contributed by atoms with Crippen molar-refractivity contribution in [3.05, 3.63) is 83.9 Å². The van der Waals surface area contributed by atoms with Crippen LogP contribution in [0.2, 0.25) is 0 Å². The van der Waals surface area contributed by atoms with Crippen molar-refractivity contribution in [1.29, 1.82) is 0 Å². The summed E-state index contributed by atoms with van der Waals surface area (Å²) in [5, 5.41) is 71.0. The molecule has 0 spiro atoms. The van der Waals surface area contributed by atoms with Crippen LogP contribution in [0.3, 0.4) is 0 Å². The molecule has 0 atom stereocenters. The van der Waals surface area contributed by atoms with Gasteiger partial charge in [-0.05, 0) is 100 Å². The fraction of sp³-hybridized carbons (Fsp3) is 0.250. The summed E-state index contributed by atoms with van der Waals surface area (Å²) in [4.78, 5) is 34.2. The zero-order valence-electron chi connectivity index (χ0n) is 34.7.